The van der Waals surface area contributed by atoms with Gasteiger partial charge in [-0.3, -0.25) is 4.57 Å². The van der Waals surface area contributed by atoms with Gasteiger partial charge in [-0.15, -0.1) is 0 Å². The van der Waals surface area contributed by atoms with Gasteiger partial charge in [0, 0.05) is 28.4 Å². The second-order valence-electron chi connectivity index (χ2n) is 1.68. The Morgan fingerprint density at radius 1 is 1.00 bits per heavy atom. The lowest BCUT2D eigenvalue weighted by Gasteiger charge is -2.20. The summed E-state index contributed by atoms with van der Waals surface area (Å²) < 4.78 is 30.1. The summed E-state index contributed by atoms with van der Waals surface area (Å²) in [7, 11) is 2.03. The molecule has 0 heterocycles. The molecule has 0 radical (unpaired) electrons. The van der Waals surface area contributed by atoms with Gasteiger partial charge in [0.15, 0.2) is 0 Å². The summed E-state index contributed by atoms with van der Waals surface area (Å²) in [4.78, 5) is 0. The van der Waals surface area contributed by atoms with Crippen LogP contribution < -0.4 is 0 Å². The van der Waals surface area contributed by atoms with Crippen molar-refractivity contribution in [3.8, 4) is 0 Å². The Morgan fingerprint density at radius 2 is 1.36 bits per heavy atom. The topological polar surface area (TPSA) is 54.0 Å². The van der Waals surface area contributed by atoms with Crippen molar-refractivity contribution in [2.45, 2.75) is 6.03 Å². The minimum atomic E-state index is -3.24. The molecule has 0 N–H and O–H groups in total. The SMILES string of the molecule is COC(OC)P(=O)(OC)OC. The fourth-order valence-electron chi connectivity index (χ4n) is 0.601. The molecular formula is C5H13O5P. The molecule has 6 heteroatoms. The van der Waals surface area contributed by atoms with Gasteiger partial charge in [-0.1, -0.05) is 0 Å². The molecule has 0 aromatic carbocycles. The van der Waals surface area contributed by atoms with Gasteiger partial charge in [0.25, 0.3) is 6.03 Å². The van der Waals surface area contributed by atoms with Crippen molar-refractivity contribution in [3.63, 3.8) is 0 Å². The van der Waals surface area contributed by atoms with Crippen LogP contribution in [-0.2, 0) is 23.1 Å². The van der Waals surface area contributed by atoms with Crippen molar-refractivity contribution in [1.29, 1.82) is 0 Å². The van der Waals surface area contributed by atoms with E-state index in [9.17, 15) is 4.57 Å². The largest absolute Gasteiger partial charge is 0.385 e. The van der Waals surface area contributed by atoms with Crippen molar-refractivity contribution in [3.05, 3.63) is 0 Å². The molecular weight excluding hydrogens is 171 g/mol. The number of ether oxygens (including phenoxy) is 2. The predicted molar refractivity (Wildman–Crippen MR) is 39.4 cm³/mol. The molecule has 0 unspecified atom stereocenters. The highest BCUT2D eigenvalue weighted by atomic mass is 31.2. The number of methoxy groups -OCH3 is 2. The first-order valence-electron chi connectivity index (χ1n) is 2.91. The Bertz CT molecular complexity index is 136. The van der Waals surface area contributed by atoms with Gasteiger partial charge in [0.1, 0.15) is 0 Å². The van der Waals surface area contributed by atoms with E-state index in [0.717, 1.165) is 0 Å². The summed E-state index contributed by atoms with van der Waals surface area (Å²) in [6.45, 7) is 0. The maximum Gasteiger partial charge on any atom is 0.385 e. The molecule has 0 aliphatic rings. The highest BCUT2D eigenvalue weighted by Gasteiger charge is 2.34. The lowest BCUT2D eigenvalue weighted by Crippen LogP contribution is -2.15. The van der Waals surface area contributed by atoms with Crippen LogP contribution in [0.4, 0.5) is 0 Å². The average Bonchev–Trinajstić information content (AvgIpc) is 2.06. The van der Waals surface area contributed by atoms with Crippen LogP contribution >= 0.6 is 7.60 Å². The van der Waals surface area contributed by atoms with Crippen LogP contribution in [0.15, 0.2) is 0 Å². The van der Waals surface area contributed by atoms with Crippen molar-refractivity contribution in [2.75, 3.05) is 28.4 Å². The van der Waals surface area contributed by atoms with Crippen molar-refractivity contribution >= 4 is 7.60 Å². The molecule has 11 heavy (non-hydrogen) atoms. The van der Waals surface area contributed by atoms with Gasteiger partial charge in [0.2, 0.25) is 0 Å². The van der Waals surface area contributed by atoms with Gasteiger partial charge in [0.05, 0.1) is 0 Å². The van der Waals surface area contributed by atoms with Crippen LogP contribution in [0.3, 0.4) is 0 Å². The molecule has 0 fully saturated rings. The quantitative estimate of drug-likeness (QED) is 0.472. The zero-order chi connectivity index (χ0) is 8.91. The molecule has 0 saturated heterocycles. The first-order chi connectivity index (χ1) is 5.14. The Hall–Kier alpha value is 0.0700. The summed E-state index contributed by atoms with van der Waals surface area (Å²) in [6, 6.07) is -0.961. The number of hydrogen-bond donors (Lipinski definition) is 0. The molecule has 5 nitrogen and oxygen atoms in total. The zero-order valence-electron chi connectivity index (χ0n) is 7.07. The number of rotatable bonds is 5. The smallest absolute Gasteiger partial charge is 0.346 e. The molecule has 0 aromatic rings. The van der Waals surface area contributed by atoms with Crippen LogP contribution in [0.5, 0.6) is 0 Å². The van der Waals surface area contributed by atoms with Crippen LogP contribution in [0.25, 0.3) is 0 Å². The molecule has 0 bridgehead atoms. The summed E-state index contributed by atoms with van der Waals surface area (Å²) >= 11 is 0. The Balaban J connectivity index is 4.32. The van der Waals surface area contributed by atoms with Crippen LogP contribution in [0.2, 0.25) is 0 Å². The van der Waals surface area contributed by atoms with E-state index in [2.05, 4.69) is 9.05 Å². The lowest BCUT2D eigenvalue weighted by molar-refractivity contribution is -0.0607. The van der Waals surface area contributed by atoms with Crippen LogP contribution in [0.1, 0.15) is 0 Å². The zero-order valence-corrected chi connectivity index (χ0v) is 7.96. The minimum absolute atomic E-state index is 0.961. The first-order valence-corrected chi connectivity index (χ1v) is 4.52. The van der Waals surface area contributed by atoms with Crippen molar-refractivity contribution in [1.82, 2.24) is 0 Å². The maximum atomic E-state index is 11.4. The Kier molecular flexibility index (Phi) is 4.88. The van der Waals surface area contributed by atoms with Gasteiger partial charge in [-0.2, -0.15) is 0 Å². The van der Waals surface area contributed by atoms with E-state index in [1.807, 2.05) is 0 Å². The third-order valence-corrected chi connectivity index (χ3v) is 3.13. The number of hydrogen-bond acceptors (Lipinski definition) is 5. The molecule has 0 spiro atoms. The summed E-state index contributed by atoms with van der Waals surface area (Å²) in [5.74, 6) is 0. The standard InChI is InChI=1S/C5H13O5P/c1-7-5(8-2)11(6,9-3)10-4/h5H,1-4H3. The fourth-order valence-corrected chi connectivity index (χ4v) is 1.61. The van der Waals surface area contributed by atoms with E-state index in [0.29, 0.717) is 0 Å². The van der Waals surface area contributed by atoms with Gasteiger partial charge < -0.3 is 18.5 Å². The maximum absolute atomic E-state index is 11.4. The fraction of sp³-hybridized carbons (Fsp3) is 1.00. The first kappa shape index (κ1) is 11.1. The van der Waals surface area contributed by atoms with Crippen LogP contribution in [-0.4, -0.2) is 34.5 Å². The molecule has 0 saturated carbocycles. The molecule has 0 aliphatic carbocycles. The average molecular weight is 184 g/mol. The summed E-state index contributed by atoms with van der Waals surface area (Å²) in [6.07, 6.45) is 0. The third-order valence-electron chi connectivity index (χ3n) is 1.17. The Labute approximate surface area is 66.1 Å². The Morgan fingerprint density at radius 3 is 1.45 bits per heavy atom. The second-order valence-corrected chi connectivity index (χ2v) is 3.92. The molecule has 0 aromatic heterocycles. The molecule has 0 amide bonds. The summed E-state index contributed by atoms with van der Waals surface area (Å²) in [5.41, 5.74) is 0. The molecule has 0 rings (SSSR count). The molecule has 0 atom stereocenters. The van der Waals surface area contributed by atoms with E-state index in [1.54, 1.807) is 0 Å². The third kappa shape index (κ3) is 2.54. The van der Waals surface area contributed by atoms with Crippen LogP contribution in [0, 0.1) is 0 Å². The van der Waals surface area contributed by atoms with E-state index in [1.165, 1.54) is 28.4 Å². The van der Waals surface area contributed by atoms with Crippen molar-refractivity contribution < 1.29 is 23.1 Å². The second kappa shape index (κ2) is 4.85. The normalized spacial score (nSPS) is 12.5. The predicted octanol–water partition coefficient (Wildman–Crippen LogP) is 1.05. The van der Waals surface area contributed by atoms with Gasteiger partial charge in [-0.25, -0.2) is 0 Å². The highest BCUT2D eigenvalue weighted by Crippen LogP contribution is 2.51. The van der Waals surface area contributed by atoms with E-state index >= 15 is 0 Å². The molecule has 68 valence electrons. The van der Waals surface area contributed by atoms with Gasteiger partial charge in [-0.05, 0) is 0 Å². The highest BCUT2D eigenvalue weighted by molar-refractivity contribution is 7.54. The van der Waals surface area contributed by atoms with Crippen molar-refractivity contribution in [2.24, 2.45) is 0 Å². The van der Waals surface area contributed by atoms with E-state index in [4.69, 9.17) is 9.47 Å². The summed E-state index contributed by atoms with van der Waals surface area (Å²) in [5, 5.41) is 0. The monoisotopic (exact) mass is 184 g/mol. The lowest BCUT2D eigenvalue weighted by atomic mass is 11.3. The van der Waals surface area contributed by atoms with E-state index in [-0.39, 0.29) is 0 Å². The molecule has 0 aliphatic heterocycles. The minimum Gasteiger partial charge on any atom is -0.346 e. The van der Waals surface area contributed by atoms with Gasteiger partial charge >= 0.3 is 7.60 Å². The van der Waals surface area contributed by atoms with E-state index < -0.39 is 13.6 Å².